The van der Waals surface area contributed by atoms with Gasteiger partial charge in [-0.05, 0) is 17.8 Å². The number of rotatable bonds is 6. The van der Waals surface area contributed by atoms with Crippen LogP contribution in [-0.4, -0.2) is 18.6 Å². The molecule has 0 spiro atoms. The van der Waals surface area contributed by atoms with E-state index in [-0.39, 0.29) is 0 Å². The molecular weight excluding hydrogens is 231 g/mol. The smallest absolute Gasteiger partial charge is 0.356 e. The fourth-order valence-corrected chi connectivity index (χ4v) is 1.82. The van der Waals surface area contributed by atoms with Crippen LogP contribution in [0.25, 0.3) is 0 Å². The average molecular weight is 253 g/mol. The Bertz CT molecular complexity index is 228. The van der Waals surface area contributed by atoms with E-state index >= 15 is 0 Å². The Morgan fingerprint density at radius 3 is 1.94 bits per heavy atom. The van der Waals surface area contributed by atoms with Crippen LogP contribution in [0.5, 0.6) is 0 Å². The first-order chi connectivity index (χ1) is 7.63. The van der Waals surface area contributed by atoms with Crippen molar-refractivity contribution in [2.45, 2.75) is 46.7 Å². The molecule has 1 amide bonds. The number of carbonyl (C=O) groups excluding carboxylic acids is 1. The molecule has 102 valence electrons. The van der Waals surface area contributed by atoms with E-state index in [0.717, 1.165) is 0 Å². The molecule has 1 N–H and O–H groups in total. The first-order valence-electron chi connectivity index (χ1n) is 5.97. The summed E-state index contributed by atoms with van der Waals surface area (Å²) in [5.41, 5.74) is 0. The molecule has 0 aliphatic rings. The van der Waals surface area contributed by atoms with Crippen molar-refractivity contribution >= 4 is 5.91 Å². The number of amides is 1. The lowest BCUT2D eigenvalue weighted by molar-refractivity contribution is -0.144. The monoisotopic (exact) mass is 253 g/mol. The lowest BCUT2D eigenvalue weighted by Gasteiger charge is -2.25. The fourth-order valence-electron chi connectivity index (χ4n) is 1.82. The first kappa shape index (κ1) is 16.3. The molecular formula is C12H22F3NO. The Morgan fingerprint density at radius 1 is 1.12 bits per heavy atom. The van der Waals surface area contributed by atoms with Gasteiger partial charge >= 0.3 is 6.18 Å². The summed E-state index contributed by atoms with van der Waals surface area (Å²) in [5, 5.41) is 2.58. The van der Waals surface area contributed by atoms with Crippen LogP contribution in [0.4, 0.5) is 13.2 Å². The van der Waals surface area contributed by atoms with Crippen molar-refractivity contribution in [3.8, 4) is 0 Å². The minimum atomic E-state index is -4.26. The quantitative estimate of drug-likeness (QED) is 0.772. The third-order valence-electron chi connectivity index (χ3n) is 2.88. The van der Waals surface area contributed by atoms with Crippen LogP contribution in [0.2, 0.25) is 0 Å². The molecule has 0 aliphatic heterocycles. The van der Waals surface area contributed by atoms with Gasteiger partial charge in [-0.2, -0.15) is 13.2 Å². The number of hydrogen-bond acceptors (Lipinski definition) is 1. The summed E-state index contributed by atoms with van der Waals surface area (Å²) < 4.78 is 35.7. The molecule has 0 aromatic heterocycles. The Balaban J connectivity index is 3.97. The van der Waals surface area contributed by atoms with Crippen LogP contribution >= 0.6 is 0 Å². The molecule has 0 saturated heterocycles. The predicted molar refractivity (Wildman–Crippen MR) is 61.5 cm³/mol. The molecule has 0 saturated carbocycles. The average Bonchev–Trinajstić information content (AvgIpc) is 2.12. The van der Waals surface area contributed by atoms with Gasteiger partial charge in [0.15, 0.2) is 0 Å². The number of nitrogens with one attached hydrogen (secondary N) is 1. The SMILES string of the molecule is CC(C)C(CNC(=O)CCC(F)(F)F)C(C)C. The summed E-state index contributed by atoms with van der Waals surface area (Å²) in [5.74, 6) is 0.578. The van der Waals surface area contributed by atoms with Crippen molar-refractivity contribution in [1.29, 1.82) is 0 Å². The van der Waals surface area contributed by atoms with E-state index in [1.54, 1.807) is 0 Å². The maximum atomic E-state index is 11.9. The summed E-state index contributed by atoms with van der Waals surface area (Å²) >= 11 is 0. The molecule has 17 heavy (non-hydrogen) atoms. The third-order valence-corrected chi connectivity index (χ3v) is 2.88. The highest BCUT2D eigenvalue weighted by atomic mass is 19.4. The van der Waals surface area contributed by atoms with Crippen LogP contribution in [-0.2, 0) is 4.79 Å². The number of hydrogen-bond donors (Lipinski definition) is 1. The molecule has 0 unspecified atom stereocenters. The predicted octanol–water partition coefficient (Wildman–Crippen LogP) is 3.37. The van der Waals surface area contributed by atoms with Crippen LogP contribution in [0.1, 0.15) is 40.5 Å². The van der Waals surface area contributed by atoms with E-state index in [9.17, 15) is 18.0 Å². The van der Waals surface area contributed by atoms with E-state index in [1.807, 2.05) is 27.7 Å². The van der Waals surface area contributed by atoms with Crippen LogP contribution in [0.15, 0.2) is 0 Å². The zero-order valence-electron chi connectivity index (χ0n) is 10.9. The Kier molecular flexibility index (Phi) is 6.57. The summed E-state index contributed by atoms with van der Waals surface area (Å²) in [7, 11) is 0. The maximum Gasteiger partial charge on any atom is 0.389 e. The van der Waals surface area contributed by atoms with E-state index < -0.39 is 24.9 Å². The van der Waals surface area contributed by atoms with Crippen LogP contribution in [0.3, 0.4) is 0 Å². The van der Waals surface area contributed by atoms with Crippen molar-refractivity contribution in [1.82, 2.24) is 5.32 Å². The number of halogens is 3. The molecule has 0 heterocycles. The Labute approximate surface area is 101 Å². The summed E-state index contributed by atoms with van der Waals surface area (Å²) in [6.45, 7) is 8.64. The van der Waals surface area contributed by atoms with Crippen LogP contribution in [0, 0.1) is 17.8 Å². The first-order valence-corrected chi connectivity index (χ1v) is 5.97. The van der Waals surface area contributed by atoms with Crippen molar-refractivity contribution in [2.75, 3.05) is 6.54 Å². The van der Waals surface area contributed by atoms with Gasteiger partial charge in [0, 0.05) is 13.0 Å². The molecule has 0 aromatic carbocycles. The van der Waals surface area contributed by atoms with E-state index in [1.165, 1.54) is 0 Å². The highest BCUT2D eigenvalue weighted by molar-refractivity contribution is 5.75. The molecule has 0 bridgehead atoms. The van der Waals surface area contributed by atoms with Crippen molar-refractivity contribution in [3.63, 3.8) is 0 Å². The minimum Gasteiger partial charge on any atom is -0.356 e. The van der Waals surface area contributed by atoms with E-state index in [4.69, 9.17) is 0 Å². The van der Waals surface area contributed by atoms with Gasteiger partial charge in [0.1, 0.15) is 0 Å². The van der Waals surface area contributed by atoms with Gasteiger partial charge in [0.25, 0.3) is 0 Å². The standard InChI is InChI=1S/C12H22F3NO/c1-8(2)10(9(3)4)7-16-11(17)5-6-12(13,14)15/h8-10H,5-7H2,1-4H3,(H,16,17). The van der Waals surface area contributed by atoms with Gasteiger partial charge in [-0.1, -0.05) is 27.7 Å². The maximum absolute atomic E-state index is 11.9. The second-order valence-corrected chi connectivity index (χ2v) is 5.07. The lowest BCUT2D eigenvalue weighted by atomic mass is 9.85. The Hall–Kier alpha value is -0.740. The normalized spacial score (nSPS) is 12.6. The Morgan fingerprint density at radius 2 is 1.59 bits per heavy atom. The van der Waals surface area contributed by atoms with E-state index in [0.29, 0.717) is 24.3 Å². The molecule has 0 fully saturated rings. The van der Waals surface area contributed by atoms with Crippen molar-refractivity contribution < 1.29 is 18.0 Å². The van der Waals surface area contributed by atoms with Gasteiger partial charge in [-0.15, -0.1) is 0 Å². The zero-order chi connectivity index (χ0) is 13.6. The van der Waals surface area contributed by atoms with Gasteiger partial charge in [0.05, 0.1) is 6.42 Å². The van der Waals surface area contributed by atoms with Gasteiger partial charge in [0.2, 0.25) is 5.91 Å². The highest BCUT2D eigenvalue weighted by Crippen LogP contribution is 2.22. The summed E-state index contributed by atoms with van der Waals surface area (Å²) in [6.07, 6.45) is -5.79. The second-order valence-electron chi connectivity index (χ2n) is 5.07. The summed E-state index contributed by atoms with van der Waals surface area (Å²) in [6, 6.07) is 0. The van der Waals surface area contributed by atoms with Crippen LogP contribution < -0.4 is 5.32 Å². The summed E-state index contributed by atoms with van der Waals surface area (Å²) in [4.78, 5) is 11.2. The third kappa shape index (κ3) is 8.05. The number of alkyl halides is 3. The number of carbonyl (C=O) groups is 1. The highest BCUT2D eigenvalue weighted by Gasteiger charge is 2.28. The van der Waals surface area contributed by atoms with Crippen molar-refractivity contribution in [3.05, 3.63) is 0 Å². The minimum absolute atomic E-state index is 0.296. The molecule has 0 rings (SSSR count). The molecule has 0 aliphatic carbocycles. The topological polar surface area (TPSA) is 29.1 Å². The largest absolute Gasteiger partial charge is 0.389 e. The van der Waals surface area contributed by atoms with Gasteiger partial charge in [-0.25, -0.2) is 0 Å². The zero-order valence-corrected chi connectivity index (χ0v) is 10.9. The molecule has 5 heteroatoms. The molecule has 2 nitrogen and oxygen atoms in total. The van der Waals surface area contributed by atoms with E-state index in [2.05, 4.69) is 5.32 Å². The van der Waals surface area contributed by atoms with Crippen molar-refractivity contribution in [2.24, 2.45) is 17.8 Å². The van der Waals surface area contributed by atoms with Gasteiger partial charge in [-0.3, -0.25) is 4.79 Å². The van der Waals surface area contributed by atoms with Gasteiger partial charge < -0.3 is 5.32 Å². The molecule has 0 aromatic rings. The lowest BCUT2D eigenvalue weighted by Crippen LogP contribution is -2.34. The second kappa shape index (κ2) is 6.87. The molecule has 0 atom stereocenters. The fraction of sp³-hybridized carbons (Fsp3) is 0.917. The molecule has 0 radical (unpaired) electrons.